The summed E-state index contributed by atoms with van der Waals surface area (Å²) in [4.78, 5) is 29.2. The molecule has 21 heavy (non-hydrogen) atoms. The number of aromatic nitrogens is 1. The zero-order chi connectivity index (χ0) is 14.6. The molecular weight excluding hydrogens is 268 g/mol. The third-order valence-corrected chi connectivity index (χ3v) is 5.75. The van der Waals surface area contributed by atoms with E-state index in [-0.39, 0.29) is 17.1 Å². The van der Waals surface area contributed by atoms with Crippen LogP contribution >= 0.6 is 0 Å². The largest absolute Gasteiger partial charge is 0.491 e. The highest BCUT2D eigenvalue weighted by molar-refractivity contribution is 5.92. The number of hydrogen-bond donors (Lipinski definition) is 1. The van der Waals surface area contributed by atoms with Gasteiger partial charge in [-0.15, -0.1) is 0 Å². The zero-order valence-corrected chi connectivity index (χ0v) is 12.2. The molecule has 0 radical (unpaired) electrons. The second kappa shape index (κ2) is 4.61. The Morgan fingerprint density at radius 3 is 2.52 bits per heavy atom. The fraction of sp³-hybridized carbons (Fsp3) is 0.625. The second-order valence-electron chi connectivity index (χ2n) is 6.65. The van der Waals surface area contributed by atoms with Gasteiger partial charge in [-0.25, -0.2) is 0 Å². The van der Waals surface area contributed by atoms with Gasteiger partial charge in [-0.1, -0.05) is 0 Å². The van der Waals surface area contributed by atoms with Crippen LogP contribution in [0.3, 0.4) is 0 Å². The molecule has 3 aliphatic rings. The molecule has 5 nitrogen and oxygen atoms in total. The van der Waals surface area contributed by atoms with Gasteiger partial charge in [0.25, 0.3) is 5.91 Å². The highest BCUT2D eigenvalue weighted by Crippen LogP contribution is 2.55. The van der Waals surface area contributed by atoms with Gasteiger partial charge >= 0.3 is 0 Å². The van der Waals surface area contributed by atoms with E-state index in [0.29, 0.717) is 17.5 Å². The lowest BCUT2D eigenvalue weighted by Gasteiger charge is -2.22. The van der Waals surface area contributed by atoms with Crippen molar-refractivity contribution >= 4 is 5.91 Å². The first kappa shape index (κ1) is 12.9. The predicted molar refractivity (Wildman–Crippen MR) is 77.3 cm³/mol. The predicted octanol–water partition coefficient (Wildman–Crippen LogP) is 1.50. The van der Waals surface area contributed by atoms with E-state index in [1.54, 1.807) is 0 Å². The molecule has 1 aliphatic heterocycles. The van der Waals surface area contributed by atoms with Crippen LogP contribution in [0.25, 0.3) is 0 Å². The summed E-state index contributed by atoms with van der Waals surface area (Å²) in [7, 11) is 1.45. The summed E-state index contributed by atoms with van der Waals surface area (Å²) < 4.78 is 4.93. The standard InChI is InChI=1S/C16H20N2O3/c1-21-15-6-17-13(5-14(15)19)16(20)18-7-11-9-2-3-10(4-9)12(11)8-18/h5-6,9-12H,2-4,7-8H2,1H3,(H,17,19)/t9-,10+,11-,12+. The van der Waals surface area contributed by atoms with Crippen LogP contribution < -0.4 is 10.2 Å². The van der Waals surface area contributed by atoms with Crippen LogP contribution in [0.15, 0.2) is 17.1 Å². The summed E-state index contributed by atoms with van der Waals surface area (Å²) in [5, 5.41) is 0. The number of amides is 1. The smallest absolute Gasteiger partial charge is 0.270 e. The van der Waals surface area contributed by atoms with E-state index >= 15 is 0 Å². The van der Waals surface area contributed by atoms with Crippen molar-refractivity contribution in [1.82, 2.24) is 9.88 Å². The number of likely N-dealkylation sites (tertiary alicyclic amines) is 1. The van der Waals surface area contributed by atoms with E-state index in [2.05, 4.69) is 4.98 Å². The zero-order valence-electron chi connectivity index (χ0n) is 12.2. The number of pyridine rings is 1. The Morgan fingerprint density at radius 2 is 1.95 bits per heavy atom. The number of fused-ring (bicyclic) bond motifs is 5. The molecule has 1 saturated heterocycles. The lowest BCUT2D eigenvalue weighted by Crippen LogP contribution is -2.31. The Morgan fingerprint density at radius 1 is 1.29 bits per heavy atom. The quantitative estimate of drug-likeness (QED) is 0.897. The Balaban J connectivity index is 1.54. The van der Waals surface area contributed by atoms with Gasteiger partial charge in [-0.05, 0) is 42.9 Å². The summed E-state index contributed by atoms with van der Waals surface area (Å²) in [6, 6.07) is 1.35. The number of ether oxygens (including phenoxy) is 1. The van der Waals surface area contributed by atoms with Crippen molar-refractivity contribution in [3.05, 3.63) is 28.2 Å². The van der Waals surface area contributed by atoms with Crippen molar-refractivity contribution in [3.63, 3.8) is 0 Å². The molecule has 112 valence electrons. The van der Waals surface area contributed by atoms with E-state index in [1.807, 2.05) is 4.90 Å². The van der Waals surface area contributed by atoms with Gasteiger partial charge in [0, 0.05) is 25.4 Å². The van der Waals surface area contributed by atoms with Crippen LogP contribution in [-0.4, -0.2) is 36.0 Å². The summed E-state index contributed by atoms with van der Waals surface area (Å²) >= 11 is 0. The van der Waals surface area contributed by atoms with Gasteiger partial charge in [-0.3, -0.25) is 9.59 Å². The molecule has 1 aromatic rings. The molecule has 0 spiro atoms. The first-order valence-electron chi connectivity index (χ1n) is 7.73. The molecule has 5 heteroatoms. The topological polar surface area (TPSA) is 62.4 Å². The number of nitrogens with one attached hydrogen (secondary N) is 1. The van der Waals surface area contributed by atoms with Gasteiger partial charge in [0.05, 0.1) is 7.11 Å². The van der Waals surface area contributed by atoms with Crippen molar-refractivity contribution in [3.8, 4) is 5.75 Å². The highest BCUT2D eigenvalue weighted by atomic mass is 16.5. The van der Waals surface area contributed by atoms with Gasteiger partial charge in [0.15, 0.2) is 5.75 Å². The summed E-state index contributed by atoms with van der Waals surface area (Å²) in [5.74, 6) is 3.22. The van der Waals surface area contributed by atoms with Crippen LogP contribution in [0.1, 0.15) is 29.8 Å². The van der Waals surface area contributed by atoms with Crippen LogP contribution in [0.5, 0.6) is 5.75 Å². The lowest BCUT2D eigenvalue weighted by molar-refractivity contribution is 0.0770. The van der Waals surface area contributed by atoms with Crippen LogP contribution in [-0.2, 0) is 0 Å². The first-order chi connectivity index (χ1) is 10.2. The molecule has 2 heterocycles. The minimum absolute atomic E-state index is 0.0523. The van der Waals surface area contributed by atoms with E-state index in [0.717, 1.165) is 24.9 Å². The molecule has 2 aliphatic carbocycles. The molecular formula is C16H20N2O3. The number of methoxy groups -OCH3 is 1. The lowest BCUT2D eigenvalue weighted by atomic mass is 9.82. The van der Waals surface area contributed by atoms with Gasteiger partial charge in [0.2, 0.25) is 5.43 Å². The summed E-state index contributed by atoms with van der Waals surface area (Å²) in [6.07, 6.45) is 5.52. The first-order valence-corrected chi connectivity index (χ1v) is 7.73. The van der Waals surface area contributed by atoms with Crippen molar-refractivity contribution in [2.75, 3.05) is 20.2 Å². The fourth-order valence-corrected chi connectivity index (χ4v) is 4.76. The maximum atomic E-state index is 12.6. The van der Waals surface area contributed by atoms with Gasteiger partial charge < -0.3 is 14.6 Å². The third kappa shape index (κ3) is 1.90. The van der Waals surface area contributed by atoms with E-state index < -0.39 is 0 Å². The van der Waals surface area contributed by atoms with Gasteiger partial charge in [0.1, 0.15) is 5.69 Å². The van der Waals surface area contributed by atoms with Crippen molar-refractivity contribution in [1.29, 1.82) is 0 Å². The van der Waals surface area contributed by atoms with Crippen LogP contribution in [0.2, 0.25) is 0 Å². The monoisotopic (exact) mass is 288 g/mol. The minimum atomic E-state index is -0.251. The van der Waals surface area contributed by atoms with Crippen LogP contribution in [0.4, 0.5) is 0 Å². The van der Waals surface area contributed by atoms with Crippen molar-refractivity contribution in [2.45, 2.75) is 19.3 Å². The van der Waals surface area contributed by atoms with Gasteiger partial charge in [-0.2, -0.15) is 0 Å². The van der Waals surface area contributed by atoms with E-state index in [4.69, 9.17) is 4.74 Å². The number of carbonyl (C=O) groups excluding carboxylic acids is 1. The number of carbonyl (C=O) groups is 1. The molecule has 0 unspecified atom stereocenters. The number of aromatic amines is 1. The Bertz CT molecular complexity index is 621. The number of rotatable bonds is 2. The Hall–Kier alpha value is -1.78. The average molecular weight is 288 g/mol. The molecule has 2 bridgehead atoms. The van der Waals surface area contributed by atoms with E-state index in [1.165, 1.54) is 38.6 Å². The Labute approximate surface area is 123 Å². The number of nitrogens with zero attached hydrogens (tertiary/aromatic N) is 1. The molecule has 0 aromatic carbocycles. The number of hydrogen-bond acceptors (Lipinski definition) is 3. The molecule has 4 atom stereocenters. The fourth-order valence-electron chi connectivity index (χ4n) is 4.76. The summed E-state index contributed by atoms with van der Waals surface area (Å²) in [6.45, 7) is 1.72. The molecule has 1 aromatic heterocycles. The van der Waals surface area contributed by atoms with Crippen molar-refractivity contribution in [2.24, 2.45) is 23.7 Å². The molecule has 1 amide bonds. The molecule has 2 saturated carbocycles. The molecule has 4 rings (SSSR count). The maximum absolute atomic E-state index is 12.6. The highest BCUT2D eigenvalue weighted by Gasteiger charge is 2.52. The average Bonchev–Trinajstić information content (AvgIpc) is 3.18. The SMILES string of the molecule is COc1c[nH]c(C(=O)N2C[C@@H]3[C@@H]4CC[C@@H](C4)[C@@H]3C2)cc1=O. The molecule has 3 fully saturated rings. The van der Waals surface area contributed by atoms with E-state index in [9.17, 15) is 9.59 Å². The Kier molecular flexibility index (Phi) is 2.84. The number of H-pyrrole nitrogens is 1. The summed E-state index contributed by atoms with van der Waals surface area (Å²) in [5.41, 5.74) is 0.118. The second-order valence-corrected chi connectivity index (χ2v) is 6.65. The van der Waals surface area contributed by atoms with Crippen molar-refractivity contribution < 1.29 is 9.53 Å². The third-order valence-electron chi connectivity index (χ3n) is 5.75. The molecule has 1 N–H and O–H groups in total. The maximum Gasteiger partial charge on any atom is 0.270 e. The minimum Gasteiger partial charge on any atom is -0.491 e. The van der Waals surface area contributed by atoms with Crippen LogP contribution in [0, 0.1) is 23.7 Å². The normalized spacial score (nSPS) is 33.3.